The van der Waals surface area contributed by atoms with E-state index >= 15 is 0 Å². The highest BCUT2D eigenvalue weighted by molar-refractivity contribution is 5.83. The van der Waals surface area contributed by atoms with Crippen molar-refractivity contribution in [2.45, 2.75) is 32.4 Å². The highest BCUT2D eigenvalue weighted by Crippen LogP contribution is 2.27. The van der Waals surface area contributed by atoms with Gasteiger partial charge < -0.3 is 19.9 Å². The van der Waals surface area contributed by atoms with E-state index in [4.69, 9.17) is 5.11 Å². The van der Waals surface area contributed by atoms with Crippen LogP contribution < -0.4 is 5.32 Å². The number of anilines is 1. The van der Waals surface area contributed by atoms with E-state index in [0.29, 0.717) is 18.5 Å². The zero-order valence-electron chi connectivity index (χ0n) is 12.8. The van der Waals surface area contributed by atoms with Gasteiger partial charge in [-0.15, -0.1) is 0 Å². The van der Waals surface area contributed by atoms with E-state index in [-0.39, 0.29) is 19.1 Å². The number of aliphatic hydroxyl groups excluding tert-OH is 1. The summed E-state index contributed by atoms with van der Waals surface area (Å²) in [5.41, 5.74) is 1.79. The van der Waals surface area contributed by atoms with Gasteiger partial charge >= 0.3 is 0 Å². The first-order chi connectivity index (χ1) is 10.7. The molecule has 6 nitrogen and oxygen atoms in total. The summed E-state index contributed by atoms with van der Waals surface area (Å²) in [6.07, 6.45) is 2.22. The average Bonchev–Trinajstić information content (AvgIpc) is 3.30. The van der Waals surface area contributed by atoms with Gasteiger partial charge in [0.05, 0.1) is 17.6 Å². The van der Waals surface area contributed by atoms with Crippen molar-refractivity contribution >= 4 is 22.9 Å². The topological polar surface area (TPSA) is 70.4 Å². The number of likely N-dealkylation sites (N-methyl/N-ethyl adjacent to an activating group) is 1. The van der Waals surface area contributed by atoms with E-state index in [1.807, 2.05) is 40.7 Å². The molecule has 1 aromatic carbocycles. The molecule has 1 heterocycles. The fourth-order valence-corrected chi connectivity index (χ4v) is 2.79. The number of para-hydroxylation sites is 2. The summed E-state index contributed by atoms with van der Waals surface area (Å²) in [5, 5.41) is 12.1. The van der Waals surface area contributed by atoms with Gasteiger partial charge in [0.25, 0.3) is 0 Å². The van der Waals surface area contributed by atoms with Gasteiger partial charge in [0, 0.05) is 19.1 Å². The second kappa shape index (κ2) is 6.36. The number of aromatic nitrogens is 2. The zero-order chi connectivity index (χ0) is 15.5. The summed E-state index contributed by atoms with van der Waals surface area (Å²) in [4.78, 5) is 19.1. The van der Waals surface area contributed by atoms with Gasteiger partial charge in [0.2, 0.25) is 11.9 Å². The molecule has 2 aromatic rings. The molecule has 1 aromatic heterocycles. The van der Waals surface area contributed by atoms with Crippen LogP contribution in [0.5, 0.6) is 0 Å². The van der Waals surface area contributed by atoms with Crippen molar-refractivity contribution in [3.8, 4) is 0 Å². The molecule has 0 atom stereocenters. The smallest absolute Gasteiger partial charge is 0.242 e. The number of hydrogen-bond donors (Lipinski definition) is 2. The highest BCUT2D eigenvalue weighted by atomic mass is 16.3. The largest absolute Gasteiger partial charge is 0.395 e. The average molecular weight is 302 g/mol. The number of amides is 1. The Bertz CT molecular complexity index is 663. The normalized spacial score (nSPS) is 14.3. The van der Waals surface area contributed by atoms with Gasteiger partial charge in [-0.25, -0.2) is 4.98 Å². The molecule has 22 heavy (non-hydrogen) atoms. The molecular weight excluding hydrogens is 280 g/mol. The number of carbonyl (C=O) groups is 1. The minimum absolute atomic E-state index is 0.0281. The van der Waals surface area contributed by atoms with Crippen molar-refractivity contribution < 1.29 is 9.90 Å². The molecule has 118 valence electrons. The van der Waals surface area contributed by atoms with Crippen LogP contribution in [0.2, 0.25) is 0 Å². The number of fused-ring (bicyclic) bond motifs is 1. The van der Waals surface area contributed by atoms with Gasteiger partial charge in [0.15, 0.2) is 0 Å². The molecule has 6 heteroatoms. The number of imidazole rings is 1. The lowest BCUT2D eigenvalue weighted by atomic mass is 10.3. The summed E-state index contributed by atoms with van der Waals surface area (Å²) in [7, 11) is 0. The van der Waals surface area contributed by atoms with Crippen LogP contribution in [0.3, 0.4) is 0 Å². The zero-order valence-corrected chi connectivity index (χ0v) is 12.8. The Kier molecular flexibility index (Phi) is 4.29. The van der Waals surface area contributed by atoms with Gasteiger partial charge in [-0.3, -0.25) is 4.79 Å². The number of rotatable bonds is 7. The van der Waals surface area contributed by atoms with E-state index < -0.39 is 0 Å². The first-order valence-electron chi connectivity index (χ1n) is 7.84. The molecule has 0 aliphatic heterocycles. The number of carbonyl (C=O) groups excluding carboxylic acids is 1. The highest BCUT2D eigenvalue weighted by Gasteiger charge is 2.31. The summed E-state index contributed by atoms with van der Waals surface area (Å²) >= 11 is 0. The van der Waals surface area contributed by atoms with E-state index in [1.165, 1.54) is 0 Å². The predicted molar refractivity (Wildman–Crippen MR) is 85.7 cm³/mol. The van der Waals surface area contributed by atoms with Crippen molar-refractivity contribution in [2.75, 3.05) is 25.0 Å². The summed E-state index contributed by atoms with van der Waals surface area (Å²) in [6, 6.07) is 8.19. The quantitative estimate of drug-likeness (QED) is 0.812. The van der Waals surface area contributed by atoms with Crippen LogP contribution in [-0.4, -0.2) is 51.2 Å². The second-order valence-electron chi connectivity index (χ2n) is 5.57. The Morgan fingerprint density at radius 2 is 2.23 bits per heavy atom. The summed E-state index contributed by atoms with van der Waals surface area (Å²) in [5.74, 6) is 0.760. The Morgan fingerprint density at radius 1 is 1.45 bits per heavy atom. The Morgan fingerprint density at radius 3 is 2.91 bits per heavy atom. The first kappa shape index (κ1) is 14.8. The fourth-order valence-electron chi connectivity index (χ4n) is 2.79. The van der Waals surface area contributed by atoms with Crippen LogP contribution in [0, 0.1) is 0 Å². The molecule has 0 bridgehead atoms. The van der Waals surface area contributed by atoms with Crippen molar-refractivity contribution in [1.29, 1.82) is 0 Å². The van der Waals surface area contributed by atoms with Crippen LogP contribution in [0.1, 0.15) is 19.8 Å². The Balaban J connectivity index is 1.88. The number of hydrogen-bond acceptors (Lipinski definition) is 4. The first-order valence-corrected chi connectivity index (χ1v) is 7.84. The van der Waals surface area contributed by atoms with E-state index in [1.54, 1.807) is 0 Å². The Labute approximate surface area is 129 Å². The number of benzene rings is 1. The third-order valence-electron chi connectivity index (χ3n) is 3.99. The minimum Gasteiger partial charge on any atom is -0.395 e. The predicted octanol–water partition coefficient (Wildman–Crippen LogP) is 1.45. The standard InChI is InChI=1S/C16H22N4O2/c1-2-19(12-7-8-12)15(22)11-20-14-6-4-3-5-13(14)18-16(20)17-9-10-21/h3-6,12,21H,2,7-11H2,1H3,(H,17,18). The van der Waals surface area contributed by atoms with Crippen LogP contribution in [0.4, 0.5) is 5.95 Å². The lowest BCUT2D eigenvalue weighted by molar-refractivity contribution is -0.132. The molecule has 1 fully saturated rings. The summed E-state index contributed by atoms with van der Waals surface area (Å²) < 4.78 is 1.90. The van der Waals surface area contributed by atoms with Crippen molar-refractivity contribution in [2.24, 2.45) is 0 Å². The van der Waals surface area contributed by atoms with E-state index in [9.17, 15) is 4.79 Å². The van der Waals surface area contributed by atoms with Crippen LogP contribution in [-0.2, 0) is 11.3 Å². The second-order valence-corrected chi connectivity index (χ2v) is 5.57. The van der Waals surface area contributed by atoms with Gasteiger partial charge in [-0.05, 0) is 31.9 Å². The maximum absolute atomic E-state index is 12.6. The molecule has 3 rings (SSSR count). The molecular formula is C16H22N4O2. The van der Waals surface area contributed by atoms with E-state index in [2.05, 4.69) is 10.3 Å². The summed E-state index contributed by atoms with van der Waals surface area (Å²) in [6.45, 7) is 3.49. The molecule has 0 radical (unpaired) electrons. The van der Waals surface area contributed by atoms with Gasteiger partial charge in [-0.2, -0.15) is 0 Å². The number of nitrogens with one attached hydrogen (secondary N) is 1. The maximum Gasteiger partial charge on any atom is 0.242 e. The SMILES string of the molecule is CCN(C(=O)Cn1c(NCCO)nc2ccccc21)C1CC1. The maximum atomic E-state index is 12.6. The molecule has 1 aliphatic rings. The Hall–Kier alpha value is -2.08. The molecule has 2 N–H and O–H groups in total. The lowest BCUT2D eigenvalue weighted by Crippen LogP contribution is -2.35. The minimum atomic E-state index is 0.0281. The molecule has 0 spiro atoms. The van der Waals surface area contributed by atoms with Crippen molar-refractivity contribution in [3.05, 3.63) is 24.3 Å². The van der Waals surface area contributed by atoms with Crippen molar-refractivity contribution in [3.63, 3.8) is 0 Å². The van der Waals surface area contributed by atoms with E-state index in [0.717, 1.165) is 30.4 Å². The third-order valence-corrected chi connectivity index (χ3v) is 3.99. The van der Waals surface area contributed by atoms with Crippen LogP contribution in [0.15, 0.2) is 24.3 Å². The third kappa shape index (κ3) is 2.92. The molecule has 1 saturated carbocycles. The molecule has 0 saturated heterocycles. The number of nitrogens with zero attached hydrogens (tertiary/aromatic N) is 3. The van der Waals surface area contributed by atoms with Gasteiger partial charge in [-0.1, -0.05) is 12.1 Å². The molecule has 1 amide bonds. The van der Waals surface area contributed by atoms with Crippen molar-refractivity contribution in [1.82, 2.24) is 14.5 Å². The number of aliphatic hydroxyl groups is 1. The van der Waals surface area contributed by atoms with Gasteiger partial charge in [0.1, 0.15) is 6.54 Å². The van der Waals surface area contributed by atoms with Crippen LogP contribution >= 0.6 is 0 Å². The molecule has 0 unspecified atom stereocenters. The monoisotopic (exact) mass is 302 g/mol. The van der Waals surface area contributed by atoms with Crippen LogP contribution in [0.25, 0.3) is 11.0 Å². The molecule has 1 aliphatic carbocycles. The lowest BCUT2D eigenvalue weighted by Gasteiger charge is -2.21. The fraction of sp³-hybridized carbons (Fsp3) is 0.500.